The lowest BCUT2D eigenvalue weighted by Gasteiger charge is -2.06. The van der Waals surface area contributed by atoms with Gasteiger partial charge in [0.15, 0.2) is 0 Å². The van der Waals surface area contributed by atoms with Crippen LogP contribution in [0.1, 0.15) is 19.3 Å². The Balaban J connectivity index is 3.40. The Morgan fingerprint density at radius 3 is 2.57 bits per heavy atom. The highest BCUT2D eigenvalue weighted by Gasteiger charge is 2.26. The van der Waals surface area contributed by atoms with Crippen LogP contribution >= 0.6 is 0 Å². The van der Waals surface area contributed by atoms with E-state index in [1.807, 2.05) is 0 Å². The minimum Gasteiger partial charge on any atom is -0.302 e. The van der Waals surface area contributed by atoms with E-state index in [2.05, 4.69) is 11.9 Å². The Morgan fingerprint density at radius 2 is 2.07 bits per heavy atom. The molecule has 1 N–H and O–H groups in total. The van der Waals surface area contributed by atoms with Crippen LogP contribution in [-0.4, -0.2) is 25.0 Å². The van der Waals surface area contributed by atoms with Gasteiger partial charge in [0.05, 0.1) is 13.1 Å². The number of carbonyl (C=O) groups excluding carboxylic acids is 1. The van der Waals surface area contributed by atoms with Gasteiger partial charge in [-0.3, -0.25) is 4.79 Å². The van der Waals surface area contributed by atoms with E-state index in [4.69, 9.17) is 0 Å². The standard InChI is InChI=1S/C9H14F3NO/c1-2-3-4-5-8(14)6-13-7-9(10,11)12/h2,13H,1,3-7H2. The molecule has 0 aliphatic rings. The highest BCUT2D eigenvalue weighted by molar-refractivity contribution is 5.80. The van der Waals surface area contributed by atoms with Crippen molar-refractivity contribution in [2.45, 2.75) is 25.4 Å². The summed E-state index contributed by atoms with van der Waals surface area (Å²) in [4.78, 5) is 10.9. The van der Waals surface area contributed by atoms with E-state index >= 15 is 0 Å². The molecule has 0 aliphatic carbocycles. The fourth-order valence-corrected chi connectivity index (χ4v) is 0.876. The largest absolute Gasteiger partial charge is 0.401 e. The van der Waals surface area contributed by atoms with Crippen molar-refractivity contribution in [3.05, 3.63) is 12.7 Å². The first-order valence-corrected chi connectivity index (χ1v) is 4.36. The summed E-state index contributed by atoms with van der Waals surface area (Å²) in [5, 5.41) is 2.05. The summed E-state index contributed by atoms with van der Waals surface area (Å²) in [7, 11) is 0. The van der Waals surface area contributed by atoms with E-state index in [1.165, 1.54) is 0 Å². The molecule has 0 unspecified atom stereocenters. The summed E-state index contributed by atoms with van der Waals surface area (Å²) >= 11 is 0. The zero-order valence-corrected chi connectivity index (χ0v) is 7.86. The molecule has 0 atom stereocenters. The van der Waals surface area contributed by atoms with Gasteiger partial charge in [-0.25, -0.2) is 0 Å². The summed E-state index contributed by atoms with van der Waals surface area (Å²) in [5.41, 5.74) is 0. The molecule has 14 heavy (non-hydrogen) atoms. The molecular weight excluding hydrogens is 195 g/mol. The Labute approximate surface area is 81.2 Å². The van der Waals surface area contributed by atoms with Crippen LogP contribution in [0.2, 0.25) is 0 Å². The Kier molecular flexibility index (Phi) is 6.19. The molecule has 0 heterocycles. The van der Waals surface area contributed by atoms with Gasteiger partial charge in [0.1, 0.15) is 5.78 Å². The lowest BCUT2D eigenvalue weighted by atomic mass is 10.2. The van der Waals surface area contributed by atoms with Gasteiger partial charge in [0.2, 0.25) is 0 Å². The zero-order valence-electron chi connectivity index (χ0n) is 7.86. The molecule has 0 bridgehead atoms. The fourth-order valence-electron chi connectivity index (χ4n) is 0.876. The maximum atomic E-state index is 11.6. The van der Waals surface area contributed by atoms with E-state index in [0.29, 0.717) is 19.3 Å². The number of hydrogen-bond donors (Lipinski definition) is 1. The quantitative estimate of drug-likeness (QED) is 0.513. The van der Waals surface area contributed by atoms with Gasteiger partial charge < -0.3 is 5.32 Å². The predicted molar refractivity (Wildman–Crippen MR) is 48.0 cm³/mol. The van der Waals surface area contributed by atoms with Crippen LogP contribution in [-0.2, 0) is 4.79 Å². The third kappa shape index (κ3) is 9.25. The molecule has 0 saturated carbocycles. The summed E-state index contributed by atoms with van der Waals surface area (Å²) in [6.45, 7) is 2.15. The van der Waals surface area contributed by atoms with E-state index in [1.54, 1.807) is 6.08 Å². The maximum Gasteiger partial charge on any atom is 0.401 e. The molecular formula is C9H14F3NO. The Hall–Kier alpha value is -0.840. The van der Waals surface area contributed by atoms with Gasteiger partial charge in [-0.2, -0.15) is 13.2 Å². The van der Waals surface area contributed by atoms with Crippen LogP contribution in [0.5, 0.6) is 0 Å². The molecule has 0 rings (SSSR count). The highest BCUT2D eigenvalue weighted by atomic mass is 19.4. The predicted octanol–water partition coefficient (Wildman–Crippen LogP) is 2.06. The average Bonchev–Trinajstić information content (AvgIpc) is 2.02. The lowest BCUT2D eigenvalue weighted by molar-refractivity contribution is -0.127. The van der Waals surface area contributed by atoms with Crippen LogP contribution in [0, 0.1) is 0 Å². The number of Topliss-reactive ketones (excluding diaryl/α,β-unsaturated/α-hetero) is 1. The minimum absolute atomic E-state index is 0.198. The van der Waals surface area contributed by atoms with Crippen molar-refractivity contribution < 1.29 is 18.0 Å². The van der Waals surface area contributed by atoms with Crippen LogP contribution < -0.4 is 5.32 Å². The van der Waals surface area contributed by atoms with Crippen molar-refractivity contribution in [3.63, 3.8) is 0 Å². The molecule has 0 aromatic carbocycles. The number of allylic oxidation sites excluding steroid dienone is 1. The molecule has 5 heteroatoms. The number of ketones is 1. The summed E-state index contributed by atoms with van der Waals surface area (Å²) in [5.74, 6) is -0.198. The molecule has 0 saturated heterocycles. The number of carbonyl (C=O) groups is 1. The summed E-state index contributed by atoms with van der Waals surface area (Å²) in [6.07, 6.45) is -0.907. The smallest absolute Gasteiger partial charge is 0.302 e. The van der Waals surface area contributed by atoms with Crippen LogP contribution in [0.4, 0.5) is 13.2 Å². The third-order valence-electron chi connectivity index (χ3n) is 1.51. The number of unbranched alkanes of at least 4 members (excludes halogenated alkanes) is 1. The van der Waals surface area contributed by atoms with E-state index in [0.717, 1.165) is 0 Å². The third-order valence-corrected chi connectivity index (χ3v) is 1.51. The van der Waals surface area contributed by atoms with Crippen molar-refractivity contribution in [2.75, 3.05) is 13.1 Å². The van der Waals surface area contributed by atoms with Crippen molar-refractivity contribution in [1.29, 1.82) is 0 Å². The van der Waals surface area contributed by atoms with Crippen LogP contribution in [0.15, 0.2) is 12.7 Å². The van der Waals surface area contributed by atoms with Crippen molar-refractivity contribution in [1.82, 2.24) is 5.32 Å². The van der Waals surface area contributed by atoms with Gasteiger partial charge in [0, 0.05) is 6.42 Å². The van der Waals surface area contributed by atoms with Gasteiger partial charge in [-0.15, -0.1) is 6.58 Å². The second-order valence-corrected chi connectivity index (χ2v) is 2.94. The van der Waals surface area contributed by atoms with Crippen LogP contribution in [0.25, 0.3) is 0 Å². The highest BCUT2D eigenvalue weighted by Crippen LogP contribution is 2.11. The second kappa shape index (κ2) is 6.59. The fraction of sp³-hybridized carbons (Fsp3) is 0.667. The van der Waals surface area contributed by atoms with Crippen molar-refractivity contribution in [2.24, 2.45) is 0 Å². The minimum atomic E-state index is -4.25. The molecule has 0 aliphatic heterocycles. The molecule has 0 amide bonds. The monoisotopic (exact) mass is 209 g/mol. The van der Waals surface area contributed by atoms with Gasteiger partial charge >= 0.3 is 6.18 Å². The average molecular weight is 209 g/mol. The van der Waals surface area contributed by atoms with Gasteiger partial charge in [0.25, 0.3) is 0 Å². The first-order valence-electron chi connectivity index (χ1n) is 4.36. The first-order chi connectivity index (χ1) is 6.45. The molecule has 0 fully saturated rings. The van der Waals surface area contributed by atoms with E-state index in [9.17, 15) is 18.0 Å². The summed E-state index contributed by atoms with van der Waals surface area (Å²) in [6, 6.07) is 0. The topological polar surface area (TPSA) is 29.1 Å². The number of nitrogens with one attached hydrogen (secondary N) is 1. The molecule has 0 spiro atoms. The summed E-state index contributed by atoms with van der Waals surface area (Å²) < 4.78 is 34.9. The number of hydrogen-bond acceptors (Lipinski definition) is 2. The molecule has 0 aromatic heterocycles. The maximum absolute atomic E-state index is 11.6. The molecule has 0 aromatic rings. The normalized spacial score (nSPS) is 11.4. The van der Waals surface area contributed by atoms with E-state index < -0.39 is 12.7 Å². The first kappa shape index (κ1) is 13.2. The zero-order chi connectivity index (χ0) is 11.0. The SMILES string of the molecule is C=CCCCC(=O)CNCC(F)(F)F. The van der Waals surface area contributed by atoms with Crippen molar-refractivity contribution in [3.8, 4) is 0 Å². The van der Waals surface area contributed by atoms with Gasteiger partial charge in [-0.05, 0) is 12.8 Å². The number of alkyl halides is 3. The number of halogens is 3. The Bertz CT molecular complexity index is 189. The van der Waals surface area contributed by atoms with E-state index in [-0.39, 0.29) is 12.3 Å². The molecule has 2 nitrogen and oxygen atoms in total. The Morgan fingerprint density at radius 1 is 1.43 bits per heavy atom. The molecule has 0 radical (unpaired) electrons. The lowest BCUT2D eigenvalue weighted by Crippen LogP contribution is -2.32. The molecule has 82 valence electrons. The number of rotatable bonds is 7. The second-order valence-electron chi connectivity index (χ2n) is 2.94. The van der Waals surface area contributed by atoms with Gasteiger partial charge in [-0.1, -0.05) is 6.08 Å². The van der Waals surface area contributed by atoms with Crippen molar-refractivity contribution >= 4 is 5.78 Å². The van der Waals surface area contributed by atoms with Crippen LogP contribution in [0.3, 0.4) is 0 Å².